The maximum atomic E-state index is 12.9. The first kappa shape index (κ1) is 21.9. The van der Waals surface area contributed by atoms with E-state index in [-0.39, 0.29) is 5.91 Å². The van der Waals surface area contributed by atoms with Crippen molar-refractivity contribution in [2.75, 3.05) is 48.7 Å². The van der Waals surface area contributed by atoms with Gasteiger partial charge in [0, 0.05) is 44.5 Å². The summed E-state index contributed by atoms with van der Waals surface area (Å²) >= 11 is 0. The highest BCUT2D eigenvalue weighted by Gasteiger charge is 2.31. The average Bonchev–Trinajstić information content (AvgIpc) is 2.71. The van der Waals surface area contributed by atoms with Crippen LogP contribution >= 0.6 is 0 Å². The number of sulfonamides is 1. The summed E-state index contributed by atoms with van der Waals surface area (Å²) in [6, 6.07) is 11.5. The number of amides is 1. The van der Waals surface area contributed by atoms with Crippen molar-refractivity contribution in [3.05, 3.63) is 59.7 Å². The number of carbonyl (C=O) groups excluding carboxylic acids is 1. The van der Waals surface area contributed by atoms with Gasteiger partial charge in [-0.2, -0.15) is 13.2 Å². The Labute approximate surface area is 173 Å². The zero-order valence-electron chi connectivity index (χ0n) is 16.6. The summed E-state index contributed by atoms with van der Waals surface area (Å²) in [6.07, 6.45) is -3.33. The molecule has 0 bridgehead atoms. The number of rotatable bonds is 4. The quantitative estimate of drug-likeness (QED) is 0.732. The van der Waals surface area contributed by atoms with Crippen LogP contribution in [0.3, 0.4) is 0 Å². The average molecular weight is 441 g/mol. The van der Waals surface area contributed by atoms with E-state index in [1.54, 1.807) is 29.2 Å². The largest absolute Gasteiger partial charge is 0.416 e. The van der Waals surface area contributed by atoms with Gasteiger partial charge >= 0.3 is 6.18 Å². The molecule has 1 aliphatic rings. The molecule has 2 aromatic rings. The number of halogens is 3. The van der Waals surface area contributed by atoms with Crippen molar-refractivity contribution in [1.82, 2.24) is 4.90 Å². The summed E-state index contributed by atoms with van der Waals surface area (Å²) in [5.74, 6) is -0.248. The minimum atomic E-state index is -4.40. The number of hydrogen-bond acceptors (Lipinski definition) is 4. The molecule has 162 valence electrons. The molecule has 1 fully saturated rings. The van der Waals surface area contributed by atoms with Gasteiger partial charge in [0.2, 0.25) is 10.0 Å². The Kier molecular flexibility index (Phi) is 5.98. The Hall–Kier alpha value is -2.75. The first-order valence-corrected chi connectivity index (χ1v) is 11.1. The molecule has 0 unspecified atom stereocenters. The van der Waals surface area contributed by atoms with Crippen LogP contribution in [0.1, 0.15) is 15.9 Å². The molecule has 1 heterocycles. The van der Waals surface area contributed by atoms with E-state index < -0.39 is 21.8 Å². The molecule has 0 atom stereocenters. The van der Waals surface area contributed by atoms with Crippen molar-refractivity contribution >= 4 is 27.3 Å². The molecule has 1 aliphatic heterocycles. The molecule has 6 nitrogen and oxygen atoms in total. The standard InChI is InChI=1S/C20H22F3N3O3S/c1-24(30(2,28)29)17-7-3-5-15(13-17)19(27)26-11-9-25(10-12-26)18-8-4-6-16(14-18)20(21,22)23/h3-8,13-14H,9-12H2,1-2H3. The summed E-state index contributed by atoms with van der Waals surface area (Å²) in [6.45, 7) is 1.49. The smallest absolute Gasteiger partial charge is 0.368 e. The van der Waals surface area contributed by atoms with Crippen LogP contribution in [0.15, 0.2) is 48.5 Å². The second-order valence-electron chi connectivity index (χ2n) is 7.11. The number of piperazine rings is 1. The van der Waals surface area contributed by atoms with E-state index in [0.717, 1.165) is 22.7 Å². The van der Waals surface area contributed by atoms with Gasteiger partial charge in [0.05, 0.1) is 17.5 Å². The molecule has 0 N–H and O–H groups in total. The van der Waals surface area contributed by atoms with Crippen LogP contribution in [0.25, 0.3) is 0 Å². The summed E-state index contributed by atoms with van der Waals surface area (Å²) in [5.41, 5.74) is 0.500. The van der Waals surface area contributed by atoms with Gasteiger partial charge in [-0.05, 0) is 36.4 Å². The maximum absolute atomic E-state index is 12.9. The van der Waals surface area contributed by atoms with Gasteiger partial charge < -0.3 is 9.80 Å². The minimum Gasteiger partial charge on any atom is -0.368 e. The van der Waals surface area contributed by atoms with Crippen molar-refractivity contribution in [1.29, 1.82) is 0 Å². The van der Waals surface area contributed by atoms with Crippen LogP contribution in [0.5, 0.6) is 0 Å². The lowest BCUT2D eigenvalue weighted by molar-refractivity contribution is -0.137. The molecular formula is C20H22F3N3O3S. The van der Waals surface area contributed by atoms with Crippen molar-refractivity contribution in [2.45, 2.75) is 6.18 Å². The zero-order chi connectivity index (χ0) is 22.1. The summed E-state index contributed by atoms with van der Waals surface area (Å²) < 4.78 is 63.4. The summed E-state index contributed by atoms with van der Waals surface area (Å²) in [4.78, 5) is 16.3. The predicted octanol–water partition coefficient (Wildman–Crippen LogP) is 3.06. The molecule has 3 rings (SSSR count). The molecule has 30 heavy (non-hydrogen) atoms. The molecule has 10 heteroatoms. The van der Waals surface area contributed by atoms with Gasteiger partial charge in [0.15, 0.2) is 0 Å². The highest BCUT2D eigenvalue weighted by molar-refractivity contribution is 7.92. The lowest BCUT2D eigenvalue weighted by atomic mass is 10.1. The maximum Gasteiger partial charge on any atom is 0.416 e. The van der Waals surface area contributed by atoms with Crippen LogP contribution in [-0.4, -0.2) is 58.7 Å². The Morgan fingerprint density at radius 1 is 1.00 bits per heavy atom. The Balaban J connectivity index is 1.69. The molecule has 2 aromatic carbocycles. The van der Waals surface area contributed by atoms with Crippen molar-refractivity contribution in [2.24, 2.45) is 0 Å². The molecule has 0 aromatic heterocycles. The molecule has 1 saturated heterocycles. The third kappa shape index (κ3) is 4.86. The normalized spacial score (nSPS) is 15.2. The van der Waals surface area contributed by atoms with Crippen molar-refractivity contribution in [3.63, 3.8) is 0 Å². The third-order valence-corrected chi connectivity index (χ3v) is 6.27. The fourth-order valence-corrected chi connectivity index (χ4v) is 3.75. The number of hydrogen-bond donors (Lipinski definition) is 0. The van der Waals surface area contributed by atoms with E-state index in [4.69, 9.17) is 0 Å². The van der Waals surface area contributed by atoms with Gasteiger partial charge in [0.1, 0.15) is 0 Å². The summed E-state index contributed by atoms with van der Waals surface area (Å²) in [5, 5.41) is 0. The van der Waals surface area contributed by atoms with Crippen LogP contribution in [0, 0.1) is 0 Å². The van der Waals surface area contributed by atoms with Gasteiger partial charge in [-0.15, -0.1) is 0 Å². The van der Waals surface area contributed by atoms with Gasteiger partial charge in [0.25, 0.3) is 5.91 Å². The molecule has 0 spiro atoms. The first-order valence-electron chi connectivity index (χ1n) is 9.22. The lowest BCUT2D eigenvalue weighted by Crippen LogP contribution is -2.48. The Bertz CT molecular complexity index is 1030. The van der Waals surface area contributed by atoms with Crippen LogP contribution < -0.4 is 9.21 Å². The Morgan fingerprint density at radius 3 is 2.23 bits per heavy atom. The third-order valence-electron chi connectivity index (χ3n) is 5.06. The minimum absolute atomic E-state index is 0.248. The van der Waals surface area contributed by atoms with E-state index in [1.165, 1.54) is 19.2 Å². The fraction of sp³-hybridized carbons (Fsp3) is 0.350. The van der Waals surface area contributed by atoms with Crippen molar-refractivity contribution < 1.29 is 26.4 Å². The number of carbonyl (C=O) groups is 1. The number of benzene rings is 2. The van der Waals surface area contributed by atoms with Gasteiger partial charge in [-0.1, -0.05) is 12.1 Å². The van der Waals surface area contributed by atoms with Crippen LogP contribution in [-0.2, 0) is 16.2 Å². The highest BCUT2D eigenvalue weighted by atomic mass is 32.2. The highest BCUT2D eigenvalue weighted by Crippen LogP contribution is 2.32. The fourth-order valence-electron chi connectivity index (χ4n) is 3.26. The van der Waals surface area contributed by atoms with E-state index in [0.29, 0.717) is 43.1 Å². The van der Waals surface area contributed by atoms with Gasteiger partial charge in [-0.25, -0.2) is 8.42 Å². The monoisotopic (exact) mass is 441 g/mol. The van der Waals surface area contributed by atoms with Crippen molar-refractivity contribution in [3.8, 4) is 0 Å². The topological polar surface area (TPSA) is 60.9 Å². The van der Waals surface area contributed by atoms with E-state index >= 15 is 0 Å². The molecule has 0 radical (unpaired) electrons. The molecule has 0 aliphatic carbocycles. The zero-order valence-corrected chi connectivity index (χ0v) is 17.4. The second-order valence-corrected chi connectivity index (χ2v) is 9.12. The second kappa shape index (κ2) is 8.17. The first-order chi connectivity index (χ1) is 14.0. The molecule has 1 amide bonds. The van der Waals surface area contributed by atoms with Crippen LogP contribution in [0.2, 0.25) is 0 Å². The number of nitrogens with zero attached hydrogens (tertiary/aromatic N) is 3. The van der Waals surface area contributed by atoms with E-state index in [1.807, 2.05) is 4.90 Å². The van der Waals surface area contributed by atoms with E-state index in [2.05, 4.69) is 0 Å². The van der Waals surface area contributed by atoms with Crippen LogP contribution in [0.4, 0.5) is 24.5 Å². The predicted molar refractivity (Wildman–Crippen MR) is 109 cm³/mol. The lowest BCUT2D eigenvalue weighted by Gasteiger charge is -2.36. The number of alkyl halides is 3. The molecule has 0 saturated carbocycles. The number of anilines is 2. The van der Waals surface area contributed by atoms with Gasteiger partial charge in [-0.3, -0.25) is 9.10 Å². The van der Waals surface area contributed by atoms with E-state index in [9.17, 15) is 26.4 Å². The molecular weight excluding hydrogens is 419 g/mol. The summed E-state index contributed by atoms with van der Waals surface area (Å²) in [7, 11) is -2.04. The SMILES string of the molecule is CN(c1cccc(C(=O)N2CCN(c3cccc(C(F)(F)F)c3)CC2)c1)S(C)(=O)=O. The Morgan fingerprint density at radius 2 is 1.63 bits per heavy atom.